The minimum atomic E-state index is -0.972. The molecule has 0 aromatic carbocycles. The van der Waals surface area contributed by atoms with Crippen LogP contribution < -0.4 is 0 Å². The van der Waals surface area contributed by atoms with Crippen LogP contribution >= 0.6 is 23.1 Å². The van der Waals surface area contributed by atoms with Crippen molar-refractivity contribution in [2.24, 2.45) is 0 Å². The number of aryl methyl sites for hydroxylation is 2. The highest BCUT2D eigenvalue weighted by atomic mass is 32.2. The molecule has 2 aromatic rings. The molecular weight excluding hydrogens is 282 g/mol. The summed E-state index contributed by atoms with van der Waals surface area (Å²) in [4.78, 5) is 16.6. The predicted molar refractivity (Wildman–Crippen MR) is 76.3 cm³/mol. The Balaban J connectivity index is 2.24. The molecule has 0 amide bonds. The van der Waals surface area contributed by atoms with Crippen LogP contribution in [0, 0.1) is 6.92 Å². The van der Waals surface area contributed by atoms with Crippen molar-refractivity contribution in [1.29, 1.82) is 0 Å². The van der Waals surface area contributed by atoms with E-state index < -0.39 is 5.97 Å². The highest BCUT2D eigenvalue weighted by Crippen LogP contribution is 2.28. The van der Waals surface area contributed by atoms with Crippen LogP contribution in [0.3, 0.4) is 0 Å². The quantitative estimate of drug-likeness (QED) is 0.655. The first kappa shape index (κ1) is 13.8. The van der Waals surface area contributed by atoms with E-state index in [0.717, 1.165) is 34.4 Å². The number of nitrogens with one attached hydrogen (secondary N) is 1. The molecule has 0 unspecified atom stereocenters. The number of thiophene rings is 1. The Morgan fingerprint density at radius 2 is 2.42 bits per heavy atom. The summed E-state index contributed by atoms with van der Waals surface area (Å²) in [6, 6.07) is 1.96. The van der Waals surface area contributed by atoms with Crippen LogP contribution in [0.5, 0.6) is 0 Å². The number of thioether (sulfide) groups is 1. The summed E-state index contributed by atoms with van der Waals surface area (Å²) in [5, 5.41) is 18.4. The largest absolute Gasteiger partial charge is 0.477 e. The fourth-order valence-corrected chi connectivity index (χ4v) is 3.01. The summed E-state index contributed by atoms with van der Waals surface area (Å²) < 4.78 is 0. The van der Waals surface area contributed by atoms with Crippen LogP contribution in [0.2, 0.25) is 0 Å². The smallest absolute Gasteiger partial charge is 0.342 e. The van der Waals surface area contributed by atoms with Gasteiger partial charge in [-0.3, -0.25) is 5.10 Å². The molecule has 19 heavy (non-hydrogen) atoms. The lowest BCUT2D eigenvalue weighted by Crippen LogP contribution is -1.97. The molecule has 0 spiro atoms. The van der Waals surface area contributed by atoms with Gasteiger partial charge in [0.2, 0.25) is 5.16 Å². The summed E-state index contributed by atoms with van der Waals surface area (Å²) in [5.41, 5.74) is 1.06. The predicted octanol–water partition coefficient (Wildman–Crippen LogP) is 2.95. The second-order valence-corrected chi connectivity index (χ2v) is 5.76. The zero-order chi connectivity index (χ0) is 13.8. The van der Waals surface area contributed by atoms with Crippen molar-refractivity contribution in [1.82, 2.24) is 15.2 Å². The average molecular weight is 295 g/mol. The lowest BCUT2D eigenvalue weighted by molar-refractivity contribution is -0.131. The fraction of sp³-hybridized carbons (Fsp3) is 0.250. The molecule has 2 heterocycles. The number of hydrogen-bond donors (Lipinski definition) is 2. The van der Waals surface area contributed by atoms with Gasteiger partial charge < -0.3 is 5.11 Å². The summed E-state index contributed by atoms with van der Waals surface area (Å²) in [7, 11) is 0. The first-order valence-corrected chi connectivity index (χ1v) is 7.38. The molecule has 0 saturated heterocycles. The van der Waals surface area contributed by atoms with Gasteiger partial charge >= 0.3 is 5.97 Å². The molecule has 0 aliphatic rings. The Morgan fingerprint density at radius 3 is 2.95 bits per heavy atom. The van der Waals surface area contributed by atoms with E-state index in [1.807, 2.05) is 25.3 Å². The van der Waals surface area contributed by atoms with Crippen LogP contribution in [0.25, 0.3) is 6.08 Å². The molecule has 7 heteroatoms. The number of hydrogen-bond acceptors (Lipinski definition) is 5. The Hall–Kier alpha value is -1.60. The number of carboxylic acids is 1. The standard InChI is InChI=1S/C12H13N3O2S2/c1-3-10-13-12(15-14-10)19-9(11(16)17)6-8-7(2)4-5-18-8/h4-6H,3H2,1-2H3,(H,16,17)(H,13,14,15)/b9-6-. The van der Waals surface area contributed by atoms with Gasteiger partial charge in [-0.25, -0.2) is 9.78 Å². The second kappa shape index (κ2) is 6.03. The Labute approximate surface area is 118 Å². The third kappa shape index (κ3) is 3.45. The van der Waals surface area contributed by atoms with Gasteiger partial charge in [0, 0.05) is 11.3 Å². The molecule has 2 aromatic heterocycles. The number of nitrogens with zero attached hydrogens (tertiary/aromatic N) is 2. The number of rotatable bonds is 5. The van der Waals surface area contributed by atoms with Gasteiger partial charge in [-0.2, -0.15) is 0 Å². The lowest BCUT2D eigenvalue weighted by atomic mass is 10.3. The SMILES string of the molecule is CCc1nc(S/C(=C\c2sccc2C)C(=O)O)n[nH]1. The van der Waals surface area contributed by atoms with E-state index in [9.17, 15) is 9.90 Å². The Bertz CT molecular complexity index is 616. The molecule has 0 fully saturated rings. The van der Waals surface area contributed by atoms with Crippen molar-refractivity contribution in [3.05, 3.63) is 32.6 Å². The zero-order valence-electron chi connectivity index (χ0n) is 10.5. The molecule has 100 valence electrons. The van der Waals surface area contributed by atoms with E-state index in [2.05, 4.69) is 15.2 Å². The molecule has 2 rings (SSSR count). The minimum Gasteiger partial charge on any atom is -0.477 e. The molecule has 0 radical (unpaired) electrons. The number of H-pyrrole nitrogens is 1. The average Bonchev–Trinajstić information content (AvgIpc) is 2.98. The highest BCUT2D eigenvalue weighted by Gasteiger charge is 2.14. The van der Waals surface area contributed by atoms with E-state index in [1.54, 1.807) is 6.08 Å². The van der Waals surface area contributed by atoms with Crippen molar-refractivity contribution in [3.63, 3.8) is 0 Å². The van der Waals surface area contributed by atoms with E-state index >= 15 is 0 Å². The molecule has 0 aliphatic carbocycles. The number of carbonyl (C=O) groups is 1. The molecule has 0 aliphatic heterocycles. The van der Waals surface area contributed by atoms with Crippen LogP contribution in [-0.2, 0) is 11.2 Å². The summed E-state index contributed by atoms with van der Waals surface area (Å²) in [6.45, 7) is 3.91. The van der Waals surface area contributed by atoms with E-state index in [4.69, 9.17) is 0 Å². The second-order valence-electron chi connectivity index (χ2n) is 3.80. The van der Waals surface area contributed by atoms with Crippen LogP contribution in [0.4, 0.5) is 0 Å². The molecule has 0 saturated carbocycles. The van der Waals surface area contributed by atoms with Gasteiger partial charge in [-0.15, -0.1) is 16.4 Å². The summed E-state index contributed by atoms with van der Waals surface area (Å²) in [6.07, 6.45) is 2.40. The molecule has 0 bridgehead atoms. The van der Waals surface area contributed by atoms with Crippen molar-refractivity contribution in [2.45, 2.75) is 25.4 Å². The van der Waals surface area contributed by atoms with Crippen LogP contribution in [0.1, 0.15) is 23.2 Å². The van der Waals surface area contributed by atoms with Crippen LogP contribution in [0.15, 0.2) is 21.5 Å². The number of aromatic amines is 1. The normalized spacial score (nSPS) is 11.8. The first-order valence-electron chi connectivity index (χ1n) is 5.68. The zero-order valence-corrected chi connectivity index (χ0v) is 12.1. The van der Waals surface area contributed by atoms with Gasteiger partial charge in [0.1, 0.15) is 10.7 Å². The van der Waals surface area contributed by atoms with Gasteiger partial charge in [-0.05, 0) is 41.8 Å². The highest BCUT2D eigenvalue weighted by molar-refractivity contribution is 8.04. The van der Waals surface area contributed by atoms with Crippen molar-refractivity contribution in [2.75, 3.05) is 0 Å². The summed E-state index contributed by atoms with van der Waals surface area (Å²) >= 11 is 2.57. The van der Waals surface area contributed by atoms with Crippen molar-refractivity contribution in [3.8, 4) is 0 Å². The van der Waals surface area contributed by atoms with Gasteiger partial charge in [0.25, 0.3) is 0 Å². The first-order chi connectivity index (χ1) is 9.10. The maximum Gasteiger partial charge on any atom is 0.342 e. The third-order valence-corrected chi connectivity index (χ3v) is 4.27. The summed E-state index contributed by atoms with van der Waals surface area (Å²) in [5.74, 6) is -0.222. The Morgan fingerprint density at radius 1 is 1.63 bits per heavy atom. The fourth-order valence-electron chi connectivity index (χ4n) is 1.37. The minimum absolute atomic E-state index is 0.215. The van der Waals surface area contributed by atoms with Crippen LogP contribution in [-0.4, -0.2) is 26.3 Å². The molecular formula is C12H13N3O2S2. The maximum absolute atomic E-state index is 11.3. The number of carboxylic acid groups (broad SMARTS) is 1. The van der Waals surface area contributed by atoms with Crippen molar-refractivity contribution >= 4 is 35.1 Å². The topological polar surface area (TPSA) is 78.9 Å². The lowest BCUT2D eigenvalue weighted by Gasteiger charge is -1.98. The van der Waals surface area contributed by atoms with Gasteiger partial charge in [-0.1, -0.05) is 6.92 Å². The number of aromatic nitrogens is 3. The number of aliphatic carboxylic acids is 1. The third-order valence-electron chi connectivity index (χ3n) is 2.42. The van der Waals surface area contributed by atoms with E-state index in [0.29, 0.717) is 5.16 Å². The van der Waals surface area contributed by atoms with Gasteiger partial charge in [0.15, 0.2) is 0 Å². The molecule has 2 N–H and O–H groups in total. The Kier molecular flexibility index (Phi) is 4.39. The maximum atomic E-state index is 11.3. The van der Waals surface area contributed by atoms with E-state index in [1.165, 1.54) is 11.3 Å². The monoisotopic (exact) mass is 295 g/mol. The van der Waals surface area contributed by atoms with E-state index in [-0.39, 0.29) is 4.91 Å². The molecule has 5 nitrogen and oxygen atoms in total. The van der Waals surface area contributed by atoms with Crippen molar-refractivity contribution < 1.29 is 9.90 Å². The molecule has 0 atom stereocenters. The van der Waals surface area contributed by atoms with Gasteiger partial charge in [0.05, 0.1) is 0 Å².